The van der Waals surface area contributed by atoms with Crippen LogP contribution in [0.15, 0.2) is 30.3 Å². The number of hydrogen-bond donors (Lipinski definition) is 2. The van der Waals surface area contributed by atoms with E-state index in [1.807, 2.05) is 49.1 Å². The first-order valence-electron chi connectivity index (χ1n) is 8.91. The second-order valence-electron chi connectivity index (χ2n) is 6.64. The van der Waals surface area contributed by atoms with Crippen molar-refractivity contribution in [3.8, 4) is 0 Å². The van der Waals surface area contributed by atoms with Gasteiger partial charge in [0.15, 0.2) is 0 Å². The molecule has 1 aliphatic heterocycles. The molecule has 1 fully saturated rings. The molecular formula is C19H30ClN3O2. The largest absolute Gasteiger partial charge is 0.356 e. The number of carbonyl (C=O) groups is 2. The van der Waals surface area contributed by atoms with Crippen LogP contribution in [0.3, 0.4) is 0 Å². The Bertz CT molecular complexity index is 553. The smallest absolute Gasteiger partial charge is 0.227 e. The maximum Gasteiger partial charge on any atom is 0.227 e. The summed E-state index contributed by atoms with van der Waals surface area (Å²) in [7, 11) is 0. The van der Waals surface area contributed by atoms with Crippen LogP contribution in [-0.2, 0) is 9.59 Å². The SMILES string of the molecule is CCCNC(=O)C1CCCN(C(=O)C(C)C(N)c2ccccc2)C1.Cl. The van der Waals surface area contributed by atoms with E-state index in [-0.39, 0.29) is 42.1 Å². The maximum absolute atomic E-state index is 12.8. The minimum Gasteiger partial charge on any atom is -0.356 e. The number of nitrogens with one attached hydrogen (secondary N) is 1. The summed E-state index contributed by atoms with van der Waals surface area (Å²) in [6, 6.07) is 9.38. The van der Waals surface area contributed by atoms with E-state index in [0.29, 0.717) is 19.6 Å². The van der Waals surface area contributed by atoms with E-state index in [0.717, 1.165) is 24.8 Å². The molecule has 0 spiro atoms. The maximum atomic E-state index is 12.8. The number of carbonyl (C=O) groups excluding carboxylic acids is 2. The zero-order valence-electron chi connectivity index (χ0n) is 15.1. The van der Waals surface area contributed by atoms with Gasteiger partial charge < -0.3 is 16.0 Å². The molecule has 1 aromatic carbocycles. The van der Waals surface area contributed by atoms with Crippen LogP contribution in [0, 0.1) is 11.8 Å². The molecule has 0 aromatic heterocycles. The number of piperidine rings is 1. The predicted octanol–water partition coefficient (Wildman–Crippen LogP) is 2.51. The summed E-state index contributed by atoms with van der Waals surface area (Å²) in [5, 5.41) is 2.94. The number of benzene rings is 1. The summed E-state index contributed by atoms with van der Waals surface area (Å²) >= 11 is 0. The Kier molecular flexibility index (Phi) is 8.93. The first-order chi connectivity index (χ1) is 11.5. The molecule has 1 aromatic rings. The van der Waals surface area contributed by atoms with Gasteiger partial charge in [-0.1, -0.05) is 44.2 Å². The fraction of sp³-hybridized carbons (Fsp3) is 0.579. The van der Waals surface area contributed by atoms with Crippen molar-refractivity contribution in [1.82, 2.24) is 10.2 Å². The third-order valence-electron chi connectivity index (χ3n) is 4.77. The number of likely N-dealkylation sites (tertiary alicyclic amines) is 1. The molecule has 2 rings (SSSR count). The molecule has 1 heterocycles. The molecule has 25 heavy (non-hydrogen) atoms. The Hall–Kier alpha value is -1.59. The molecule has 3 unspecified atom stereocenters. The molecule has 2 amide bonds. The quantitative estimate of drug-likeness (QED) is 0.811. The van der Waals surface area contributed by atoms with Crippen LogP contribution < -0.4 is 11.1 Å². The minimum absolute atomic E-state index is 0. The highest BCUT2D eigenvalue weighted by Crippen LogP contribution is 2.24. The van der Waals surface area contributed by atoms with E-state index in [9.17, 15) is 9.59 Å². The van der Waals surface area contributed by atoms with Gasteiger partial charge in [0.2, 0.25) is 11.8 Å². The van der Waals surface area contributed by atoms with E-state index in [1.54, 1.807) is 0 Å². The van der Waals surface area contributed by atoms with Gasteiger partial charge in [0.25, 0.3) is 0 Å². The summed E-state index contributed by atoms with van der Waals surface area (Å²) in [4.78, 5) is 26.8. The average molecular weight is 368 g/mol. The normalized spacial score (nSPS) is 19.5. The van der Waals surface area contributed by atoms with Crippen molar-refractivity contribution in [3.05, 3.63) is 35.9 Å². The summed E-state index contributed by atoms with van der Waals surface area (Å²) < 4.78 is 0. The van der Waals surface area contributed by atoms with Crippen LogP contribution in [0.4, 0.5) is 0 Å². The highest BCUT2D eigenvalue weighted by molar-refractivity contribution is 5.85. The zero-order chi connectivity index (χ0) is 17.5. The lowest BCUT2D eigenvalue weighted by molar-refractivity contribution is -0.139. The summed E-state index contributed by atoms with van der Waals surface area (Å²) in [5.41, 5.74) is 7.24. The molecule has 0 saturated carbocycles. The Morgan fingerprint density at radius 1 is 1.32 bits per heavy atom. The molecule has 1 aliphatic rings. The summed E-state index contributed by atoms with van der Waals surface area (Å²) in [5.74, 6) is -0.298. The first-order valence-corrected chi connectivity index (χ1v) is 8.91. The second-order valence-corrected chi connectivity index (χ2v) is 6.64. The molecule has 1 saturated heterocycles. The Labute approximate surface area is 156 Å². The molecule has 0 aliphatic carbocycles. The van der Waals surface area contributed by atoms with Crippen LogP contribution in [-0.4, -0.2) is 36.3 Å². The van der Waals surface area contributed by atoms with Gasteiger partial charge in [-0.15, -0.1) is 12.4 Å². The van der Waals surface area contributed by atoms with Crippen LogP contribution in [0.2, 0.25) is 0 Å². The van der Waals surface area contributed by atoms with Gasteiger partial charge in [-0.25, -0.2) is 0 Å². The predicted molar refractivity (Wildman–Crippen MR) is 102 cm³/mol. The summed E-state index contributed by atoms with van der Waals surface area (Å²) in [6.45, 7) is 5.81. The Morgan fingerprint density at radius 3 is 2.64 bits per heavy atom. The molecule has 3 atom stereocenters. The lowest BCUT2D eigenvalue weighted by Gasteiger charge is -2.35. The lowest BCUT2D eigenvalue weighted by Crippen LogP contribution is -2.48. The van der Waals surface area contributed by atoms with Gasteiger partial charge >= 0.3 is 0 Å². The van der Waals surface area contributed by atoms with Crippen molar-refractivity contribution in [2.24, 2.45) is 17.6 Å². The monoisotopic (exact) mass is 367 g/mol. The van der Waals surface area contributed by atoms with Crippen molar-refractivity contribution in [1.29, 1.82) is 0 Å². The van der Waals surface area contributed by atoms with Crippen LogP contribution in [0.1, 0.15) is 44.7 Å². The zero-order valence-corrected chi connectivity index (χ0v) is 15.9. The fourth-order valence-corrected chi connectivity index (χ4v) is 3.19. The number of amides is 2. The van der Waals surface area contributed by atoms with E-state index in [2.05, 4.69) is 5.32 Å². The standard InChI is InChI=1S/C19H29N3O2.ClH/c1-3-11-21-18(23)16-10-7-12-22(13-16)19(24)14(2)17(20)15-8-5-4-6-9-15;/h4-6,8-9,14,16-17H,3,7,10-13,20H2,1-2H3,(H,21,23);1H. The molecular weight excluding hydrogens is 338 g/mol. The van der Waals surface area contributed by atoms with E-state index in [4.69, 9.17) is 5.73 Å². The van der Waals surface area contributed by atoms with E-state index in [1.165, 1.54) is 0 Å². The Morgan fingerprint density at radius 2 is 2.00 bits per heavy atom. The van der Waals surface area contributed by atoms with Gasteiger partial charge in [-0.3, -0.25) is 9.59 Å². The van der Waals surface area contributed by atoms with Crippen LogP contribution in [0.25, 0.3) is 0 Å². The van der Waals surface area contributed by atoms with E-state index >= 15 is 0 Å². The van der Waals surface area contributed by atoms with Gasteiger partial charge in [-0.05, 0) is 24.8 Å². The van der Waals surface area contributed by atoms with Crippen molar-refractivity contribution >= 4 is 24.2 Å². The third kappa shape index (κ3) is 5.72. The van der Waals surface area contributed by atoms with Crippen molar-refractivity contribution in [2.45, 2.75) is 39.2 Å². The molecule has 5 nitrogen and oxygen atoms in total. The molecule has 6 heteroatoms. The van der Waals surface area contributed by atoms with Crippen molar-refractivity contribution in [2.75, 3.05) is 19.6 Å². The van der Waals surface area contributed by atoms with Crippen LogP contribution in [0.5, 0.6) is 0 Å². The number of nitrogens with zero attached hydrogens (tertiary/aromatic N) is 1. The van der Waals surface area contributed by atoms with Gasteiger partial charge in [0.1, 0.15) is 0 Å². The van der Waals surface area contributed by atoms with Gasteiger partial charge in [0.05, 0.1) is 11.8 Å². The molecule has 0 bridgehead atoms. The fourth-order valence-electron chi connectivity index (χ4n) is 3.19. The Balaban J connectivity index is 0.00000312. The second kappa shape index (κ2) is 10.4. The lowest BCUT2D eigenvalue weighted by atomic mass is 9.91. The molecule has 140 valence electrons. The van der Waals surface area contributed by atoms with E-state index < -0.39 is 0 Å². The number of rotatable bonds is 6. The molecule has 0 radical (unpaired) electrons. The minimum atomic E-state index is -0.326. The average Bonchev–Trinajstić information content (AvgIpc) is 2.65. The number of hydrogen-bond acceptors (Lipinski definition) is 3. The summed E-state index contributed by atoms with van der Waals surface area (Å²) in [6.07, 6.45) is 2.63. The molecule has 3 N–H and O–H groups in total. The highest BCUT2D eigenvalue weighted by Gasteiger charge is 2.32. The number of nitrogens with two attached hydrogens (primary N) is 1. The highest BCUT2D eigenvalue weighted by atomic mass is 35.5. The van der Waals surface area contributed by atoms with Gasteiger partial charge in [0, 0.05) is 25.7 Å². The van der Waals surface area contributed by atoms with Crippen molar-refractivity contribution < 1.29 is 9.59 Å². The van der Waals surface area contributed by atoms with Crippen molar-refractivity contribution in [3.63, 3.8) is 0 Å². The third-order valence-corrected chi connectivity index (χ3v) is 4.77. The first kappa shape index (κ1) is 21.5. The number of halogens is 1. The van der Waals surface area contributed by atoms with Crippen LogP contribution >= 0.6 is 12.4 Å². The topological polar surface area (TPSA) is 75.4 Å². The van der Waals surface area contributed by atoms with Gasteiger partial charge in [-0.2, -0.15) is 0 Å².